The van der Waals surface area contributed by atoms with Crippen molar-refractivity contribution in [1.29, 1.82) is 0 Å². The molecule has 1 aromatic heterocycles. The number of benzene rings is 1. The van der Waals surface area contributed by atoms with Crippen LogP contribution >= 0.6 is 0 Å². The van der Waals surface area contributed by atoms with Gasteiger partial charge >= 0.3 is 0 Å². The monoisotopic (exact) mass is 366 g/mol. The number of amides is 1. The first kappa shape index (κ1) is 18.3. The Morgan fingerprint density at radius 1 is 1.15 bits per heavy atom. The van der Waals surface area contributed by atoms with E-state index in [9.17, 15) is 18.7 Å². The molecule has 1 amide bonds. The van der Waals surface area contributed by atoms with Crippen LogP contribution in [-0.4, -0.2) is 20.9 Å². The summed E-state index contributed by atoms with van der Waals surface area (Å²) in [6.07, 6.45) is 7.80. The number of allylic oxidation sites excluding steroid dienone is 4. The Kier molecular flexibility index (Phi) is 4.98. The van der Waals surface area contributed by atoms with Crippen molar-refractivity contribution in [2.45, 2.75) is 6.92 Å². The Hall–Kier alpha value is -3.54. The molecule has 0 atom stereocenters. The van der Waals surface area contributed by atoms with Crippen molar-refractivity contribution in [2.75, 3.05) is 0 Å². The summed E-state index contributed by atoms with van der Waals surface area (Å²) in [5.74, 6) is -2.06. The Bertz CT molecular complexity index is 1000. The predicted octanol–water partition coefficient (Wildman–Crippen LogP) is 4.74. The van der Waals surface area contributed by atoms with Gasteiger partial charge in [0.05, 0.1) is 5.57 Å². The van der Waals surface area contributed by atoms with Crippen molar-refractivity contribution in [2.24, 2.45) is 0 Å². The molecule has 0 fully saturated rings. The second kappa shape index (κ2) is 7.37. The van der Waals surface area contributed by atoms with Crippen LogP contribution < -0.4 is 0 Å². The average Bonchev–Trinajstić information content (AvgIpc) is 2.62. The molecule has 1 N–H and O–H groups in total. The molecule has 136 valence electrons. The summed E-state index contributed by atoms with van der Waals surface area (Å²) in [7, 11) is 0. The lowest BCUT2D eigenvalue weighted by Crippen LogP contribution is -2.26. The fourth-order valence-corrected chi connectivity index (χ4v) is 2.73. The summed E-state index contributed by atoms with van der Waals surface area (Å²) < 4.78 is 27.3. The van der Waals surface area contributed by atoms with Crippen LogP contribution in [0.25, 0.3) is 16.7 Å². The molecule has 3 rings (SSSR count). The number of carbonyl (C=O) groups excluding carboxylic acids is 1. The van der Waals surface area contributed by atoms with Crippen LogP contribution in [0.15, 0.2) is 79.0 Å². The molecule has 1 aromatic carbocycles. The van der Waals surface area contributed by atoms with E-state index in [2.05, 4.69) is 11.6 Å². The highest BCUT2D eigenvalue weighted by molar-refractivity contribution is 6.21. The number of nitrogens with zero attached hydrogens (tertiary/aromatic N) is 2. The maximum atomic E-state index is 14.2. The summed E-state index contributed by atoms with van der Waals surface area (Å²) in [6, 6.07) is 6.55. The Labute approximate surface area is 155 Å². The molecule has 2 heterocycles. The van der Waals surface area contributed by atoms with Gasteiger partial charge in [0.25, 0.3) is 5.91 Å². The molecular weight excluding hydrogens is 350 g/mol. The summed E-state index contributed by atoms with van der Waals surface area (Å²) in [6.45, 7) is 5.14. The molecule has 0 saturated carbocycles. The van der Waals surface area contributed by atoms with Crippen LogP contribution in [0.2, 0.25) is 0 Å². The van der Waals surface area contributed by atoms with E-state index in [1.807, 2.05) is 0 Å². The van der Waals surface area contributed by atoms with Gasteiger partial charge in [-0.15, -0.1) is 0 Å². The number of aliphatic hydroxyl groups excluding tert-OH is 1. The number of aliphatic hydroxyl groups is 1. The van der Waals surface area contributed by atoms with Crippen molar-refractivity contribution < 1.29 is 18.7 Å². The van der Waals surface area contributed by atoms with Crippen LogP contribution in [0.5, 0.6) is 0 Å². The first-order chi connectivity index (χ1) is 12.9. The normalized spacial score (nSPS) is 14.3. The molecule has 27 heavy (non-hydrogen) atoms. The van der Waals surface area contributed by atoms with E-state index in [1.165, 1.54) is 42.4 Å². The summed E-state index contributed by atoms with van der Waals surface area (Å²) in [5, 5.41) is 10.1. The minimum atomic E-state index is -0.652. The van der Waals surface area contributed by atoms with Gasteiger partial charge in [0.15, 0.2) is 0 Å². The van der Waals surface area contributed by atoms with Crippen molar-refractivity contribution in [1.82, 2.24) is 9.88 Å². The molecular formula is C21H16F2N2O2. The topological polar surface area (TPSA) is 53.4 Å². The second-order valence-electron chi connectivity index (χ2n) is 5.93. The van der Waals surface area contributed by atoms with Crippen LogP contribution in [0, 0.1) is 11.8 Å². The van der Waals surface area contributed by atoms with Gasteiger partial charge in [0, 0.05) is 23.7 Å². The maximum absolute atomic E-state index is 14.2. The summed E-state index contributed by atoms with van der Waals surface area (Å²) in [5.41, 5.74) is 1.42. The van der Waals surface area contributed by atoms with Crippen LogP contribution in [0.3, 0.4) is 0 Å². The standard InChI is InChI=1S/C21H16F2N2O2/c1-13-5-3-4-8-25(13)21(27)20(14(2)26)17-9-16(10-18(22)11-17)15-6-7-19(23)24-12-15/h3-12,26H,1H2,2H3/b20-14+. The highest BCUT2D eigenvalue weighted by Crippen LogP contribution is 2.29. The SMILES string of the molecule is C=C1C=CC=CN1C(=O)/C(=C(\C)O)c1cc(F)cc(-c2ccc(F)nc2)c1. The lowest BCUT2D eigenvalue weighted by atomic mass is 9.97. The van der Waals surface area contributed by atoms with Crippen LogP contribution in [0.4, 0.5) is 8.78 Å². The van der Waals surface area contributed by atoms with Gasteiger partial charge in [0.1, 0.15) is 11.6 Å². The molecule has 4 nitrogen and oxygen atoms in total. The van der Waals surface area contributed by atoms with E-state index < -0.39 is 17.7 Å². The van der Waals surface area contributed by atoms with Gasteiger partial charge in [-0.2, -0.15) is 4.39 Å². The number of carbonyl (C=O) groups is 1. The van der Waals surface area contributed by atoms with E-state index in [-0.39, 0.29) is 16.9 Å². The first-order valence-corrected chi connectivity index (χ1v) is 8.07. The number of hydrogen-bond acceptors (Lipinski definition) is 3. The molecule has 0 saturated heterocycles. The van der Waals surface area contributed by atoms with Crippen molar-refractivity contribution in [3.63, 3.8) is 0 Å². The lowest BCUT2D eigenvalue weighted by molar-refractivity contribution is -0.121. The molecule has 0 unspecified atom stereocenters. The van der Waals surface area contributed by atoms with E-state index in [0.717, 1.165) is 12.1 Å². The fourth-order valence-electron chi connectivity index (χ4n) is 2.73. The summed E-state index contributed by atoms with van der Waals surface area (Å²) >= 11 is 0. The van der Waals surface area contributed by atoms with Crippen molar-refractivity contribution >= 4 is 11.5 Å². The molecule has 0 bridgehead atoms. The van der Waals surface area contributed by atoms with E-state index >= 15 is 0 Å². The number of hydrogen-bond donors (Lipinski definition) is 1. The third-order valence-corrected chi connectivity index (χ3v) is 3.99. The number of halogens is 2. The van der Waals surface area contributed by atoms with E-state index in [4.69, 9.17) is 0 Å². The van der Waals surface area contributed by atoms with Gasteiger partial charge in [-0.05, 0) is 60.5 Å². The van der Waals surface area contributed by atoms with Gasteiger partial charge in [0.2, 0.25) is 5.95 Å². The molecule has 2 aromatic rings. The third kappa shape index (κ3) is 3.84. The van der Waals surface area contributed by atoms with Gasteiger partial charge in [-0.1, -0.05) is 12.7 Å². The molecule has 1 aliphatic rings. The van der Waals surface area contributed by atoms with Crippen molar-refractivity contribution in [3.8, 4) is 11.1 Å². The van der Waals surface area contributed by atoms with Crippen LogP contribution in [0.1, 0.15) is 12.5 Å². The zero-order valence-electron chi connectivity index (χ0n) is 14.5. The first-order valence-electron chi connectivity index (χ1n) is 8.07. The Morgan fingerprint density at radius 2 is 1.93 bits per heavy atom. The van der Waals surface area contributed by atoms with E-state index in [1.54, 1.807) is 18.2 Å². The Balaban J connectivity index is 2.07. The average molecular weight is 366 g/mol. The highest BCUT2D eigenvalue weighted by atomic mass is 19.1. The molecule has 6 heteroatoms. The summed E-state index contributed by atoms with van der Waals surface area (Å²) in [4.78, 5) is 17.8. The second-order valence-corrected chi connectivity index (χ2v) is 5.93. The number of rotatable bonds is 3. The van der Waals surface area contributed by atoms with Gasteiger partial charge in [-0.25, -0.2) is 9.37 Å². The minimum absolute atomic E-state index is 0.0630. The smallest absolute Gasteiger partial charge is 0.266 e. The minimum Gasteiger partial charge on any atom is -0.512 e. The number of aromatic nitrogens is 1. The molecule has 0 spiro atoms. The third-order valence-electron chi connectivity index (χ3n) is 3.99. The van der Waals surface area contributed by atoms with E-state index in [0.29, 0.717) is 16.8 Å². The molecule has 0 radical (unpaired) electrons. The lowest BCUT2D eigenvalue weighted by Gasteiger charge is -2.23. The quantitative estimate of drug-likeness (QED) is 0.485. The zero-order valence-corrected chi connectivity index (χ0v) is 14.5. The zero-order chi connectivity index (χ0) is 19.6. The fraction of sp³-hybridized carbons (Fsp3) is 0.0476. The predicted molar refractivity (Wildman–Crippen MR) is 99.1 cm³/mol. The van der Waals surface area contributed by atoms with Gasteiger partial charge < -0.3 is 5.11 Å². The molecule has 0 aliphatic carbocycles. The Morgan fingerprint density at radius 3 is 2.56 bits per heavy atom. The van der Waals surface area contributed by atoms with Crippen molar-refractivity contribution in [3.05, 3.63) is 96.3 Å². The maximum Gasteiger partial charge on any atom is 0.266 e. The van der Waals surface area contributed by atoms with Gasteiger partial charge in [-0.3, -0.25) is 9.69 Å². The number of pyridine rings is 1. The largest absolute Gasteiger partial charge is 0.512 e. The highest BCUT2D eigenvalue weighted by Gasteiger charge is 2.24. The molecule has 1 aliphatic heterocycles. The van der Waals surface area contributed by atoms with Crippen LogP contribution in [-0.2, 0) is 4.79 Å².